The number of aromatic nitrogens is 2. The topological polar surface area (TPSA) is 81.9 Å². The van der Waals surface area contributed by atoms with E-state index in [0.29, 0.717) is 31.0 Å². The second-order valence-corrected chi connectivity index (χ2v) is 5.95. The van der Waals surface area contributed by atoms with Crippen molar-refractivity contribution < 1.29 is 14.3 Å². The third kappa shape index (κ3) is 3.11. The highest BCUT2D eigenvalue weighted by Crippen LogP contribution is 2.31. The van der Waals surface area contributed by atoms with Crippen LogP contribution >= 0.6 is 0 Å². The van der Waals surface area contributed by atoms with Crippen LogP contribution in [0.5, 0.6) is 11.5 Å². The first-order valence-corrected chi connectivity index (χ1v) is 8.35. The van der Waals surface area contributed by atoms with Gasteiger partial charge in [-0.3, -0.25) is 14.0 Å². The Morgan fingerprint density at radius 3 is 2.88 bits per heavy atom. The number of hydrogen-bond donors (Lipinski definition) is 1. The highest BCUT2D eigenvalue weighted by atomic mass is 16.6. The van der Waals surface area contributed by atoms with Crippen LogP contribution in [0, 0.1) is 0 Å². The third-order valence-electron chi connectivity index (χ3n) is 4.18. The molecule has 2 aromatic heterocycles. The van der Waals surface area contributed by atoms with E-state index < -0.39 is 5.91 Å². The molecule has 0 fully saturated rings. The van der Waals surface area contributed by atoms with Crippen molar-refractivity contribution in [3.63, 3.8) is 0 Å². The van der Waals surface area contributed by atoms with Crippen LogP contribution in [0.4, 0.5) is 0 Å². The zero-order valence-electron chi connectivity index (χ0n) is 13.9. The summed E-state index contributed by atoms with van der Waals surface area (Å²) in [6.45, 7) is 0.791. The van der Waals surface area contributed by atoms with Crippen LogP contribution in [0.25, 0.3) is 5.65 Å². The maximum atomic E-state index is 12.4. The summed E-state index contributed by atoms with van der Waals surface area (Å²) in [5, 5.41) is 2.75. The van der Waals surface area contributed by atoms with E-state index in [1.54, 1.807) is 24.4 Å². The van der Waals surface area contributed by atoms with E-state index in [4.69, 9.17) is 9.47 Å². The van der Waals surface area contributed by atoms with Crippen LogP contribution in [0.2, 0.25) is 0 Å². The van der Waals surface area contributed by atoms with Gasteiger partial charge in [0.25, 0.3) is 11.5 Å². The SMILES string of the molecule is O=C(NCCC1COc2ccccc2O1)c1cnc2ccccn2c1=O. The summed E-state index contributed by atoms with van der Waals surface area (Å²) in [5.41, 5.74) is 0.125. The number of carbonyl (C=O) groups is 1. The minimum absolute atomic E-state index is 0.0138. The van der Waals surface area contributed by atoms with Crippen LogP contribution < -0.4 is 20.3 Å². The molecule has 1 amide bonds. The molecule has 1 atom stereocenters. The number of nitrogens with zero attached hydrogens (tertiary/aromatic N) is 2. The molecule has 1 N–H and O–H groups in total. The largest absolute Gasteiger partial charge is 0.486 e. The summed E-state index contributed by atoms with van der Waals surface area (Å²) in [4.78, 5) is 28.8. The molecule has 1 aliphatic rings. The van der Waals surface area contributed by atoms with E-state index in [1.807, 2.05) is 24.3 Å². The van der Waals surface area contributed by atoms with Gasteiger partial charge in [-0.25, -0.2) is 4.98 Å². The maximum absolute atomic E-state index is 12.4. The van der Waals surface area contributed by atoms with E-state index in [9.17, 15) is 9.59 Å². The number of rotatable bonds is 4. The van der Waals surface area contributed by atoms with E-state index in [0.717, 1.165) is 5.75 Å². The van der Waals surface area contributed by atoms with Crippen molar-refractivity contribution in [2.24, 2.45) is 0 Å². The lowest BCUT2D eigenvalue weighted by molar-refractivity contribution is 0.0812. The molecule has 0 spiro atoms. The highest BCUT2D eigenvalue weighted by Gasteiger charge is 2.21. The first-order valence-electron chi connectivity index (χ1n) is 8.35. The molecule has 132 valence electrons. The van der Waals surface area contributed by atoms with Gasteiger partial charge in [0.05, 0.1) is 0 Å². The fourth-order valence-corrected chi connectivity index (χ4v) is 2.83. The second kappa shape index (κ2) is 6.87. The zero-order valence-corrected chi connectivity index (χ0v) is 13.9. The van der Waals surface area contributed by atoms with E-state index in [2.05, 4.69) is 10.3 Å². The Morgan fingerprint density at radius 2 is 2.00 bits per heavy atom. The molecule has 0 aliphatic carbocycles. The number of benzene rings is 1. The summed E-state index contributed by atoms with van der Waals surface area (Å²) in [6.07, 6.45) is 3.32. The van der Waals surface area contributed by atoms with Gasteiger partial charge in [0.1, 0.15) is 23.9 Å². The summed E-state index contributed by atoms with van der Waals surface area (Å²) in [6, 6.07) is 12.7. The Balaban J connectivity index is 1.38. The smallest absolute Gasteiger partial charge is 0.270 e. The molecule has 1 aliphatic heterocycles. The number of fused-ring (bicyclic) bond motifs is 2. The van der Waals surface area contributed by atoms with Crippen molar-refractivity contribution >= 4 is 11.6 Å². The van der Waals surface area contributed by atoms with Gasteiger partial charge in [-0.05, 0) is 24.3 Å². The lowest BCUT2D eigenvalue weighted by Gasteiger charge is -2.26. The Kier molecular flexibility index (Phi) is 4.27. The van der Waals surface area contributed by atoms with Gasteiger partial charge in [0.15, 0.2) is 11.5 Å². The molecule has 0 saturated carbocycles. The van der Waals surface area contributed by atoms with Gasteiger partial charge in [-0.1, -0.05) is 18.2 Å². The first-order chi connectivity index (χ1) is 12.7. The van der Waals surface area contributed by atoms with Gasteiger partial charge in [-0.2, -0.15) is 0 Å². The standard InChI is InChI=1S/C19H17N3O4/c23-18(14-11-21-17-7-3-4-10-22(17)19(14)24)20-9-8-13-12-25-15-5-1-2-6-16(15)26-13/h1-7,10-11,13H,8-9,12H2,(H,20,23). The molecule has 0 saturated heterocycles. The van der Waals surface area contributed by atoms with Crippen molar-refractivity contribution in [3.05, 3.63) is 70.8 Å². The Morgan fingerprint density at radius 1 is 1.19 bits per heavy atom. The second-order valence-electron chi connectivity index (χ2n) is 5.95. The minimum atomic E-state index is -0.446. The summed E-state index contributed by atoms with van der Waals surface area (Å²) in [7, 11) is 0. The fourth-order valence-electron chi connectivity index (χ4n) is 2.83. The van der Waals surface area contributed by atoms with Crippen molar-refractivity contribution in [2.75, 3.05) is 13.2 Å². The fraction of sp³-hybridized carbons (Fsp3) is 0.211. The van der Waals surface area contributed by atoms with Gasteiger partial charge < -0.3 is 14.8 Å². The molecule has 0 bridgehead atoms. The molecule has 3 aromatic rings. The summed E-state index contributed by atoms with van der Waals surface area (Å²) >= 11 is 0. The monoisotopic (exact) mass is 351 g/mol. The molecule has 4 rings (SSSR count). The van der Waals surface area contributed by atoms with Crippen molar-refractivity contribution in [3.8, 4) is 11.5 Å². The molecule has 7 nitrogen and oxygen atoms in total. The predicted octanol–water partition coefficient (Wildman–Crippen LogP) is 1.65. The summed E-state index contributed by atoms with van der Waals surface area (Å²) in [5.74, 6) is 0.980. The van der Waals surface area contributed by atoms with Crippen molar-refractivity contribution in [1.82, 2.24) is 14.7 Å². The number of para-hydroxylation sites is 2. The van der Waals surface area contributed by atoms with Crippen LogP contribution in [0.3, 0.4) is 0 Å². The maximum Gasteiger partial charge on any atom is 0.270 e. The van der Waals surface area contributed by atoms with Gasteiger partial charge >= 0.3 is 0 Å². The molecule has 1 aromatic carbocycles. The average molecular weight is 351 g/mol. The normalized spacial score (nSPS) is 15.6. The lowest BCUT2D eigenvalue weighted by Crippen LogP contribution is -2.36. The minimum Gasteiger partial charge on any atom is -0.486 e. The van der Waals surface area contributed by atoms with Crippen LogP contribution in [-0.4, -0.2) is 34.5 Å². The van der Waals surface area contributed by atoms with Crippen molar-refractivity contribution in [1.29, 1.82) is 0 Å². The molecule has 26 heavy (non-hydrogen) atoms. The van der Waals surface area contributed by atoms with Crippen LogP contribution in [0.1, 0.15) is 16.8 Å². The van der Waals surface area contributed by atoms with E-state index >= 15 is 0 Å². The Hall–Kier alpha value is -3.35. The molecular weight excluding hydrogens is 334 g/mol. The molecule has 1 unspecified atom stereocenters. The average Bonchev–Trinajstić information content (AvgIpc) is 2.68. The third-order valence-corrected chi connectivity index (χ3v) is 4.18. The molecule has 3 heterocycles. The number of ether oxygens (including phenoxy) is 2. The van der Waals surface area contributed by atoms with Gasteiger partial charge in [0, 0.05) is 25.4 Å². The van der Waals surface area contributed by atoms with Crippen LogP contribution in [0.15, 0.2) is 59.7 Å². The van der Waals surface area contributed by atoms with Crippen molar-refractivity contribution in [2.45, 2.75) is 12.5 Å². The highest BCUT2D eigenvalue weighted by molar-refractivity contribution is 5.93. The number of hydrogen-bond acceptors (Lipinski definition) is 5. The molecule has 0 radical (unpaired) electrons. The van der Waals surface area contributed by atoms with Gasteiger partial charge in [0.2, 0.25) is 0 Å². The molecule has 7 heteroatoms. The number of nitrogens with one attached hydrogen (secondary N) is 1. The number of pyridine rings is 1. The van der Waals surface area contributed by atoms with E-state index in [1.165, 1.54) is 10.6 Å². The van der Waals surface area contributed by atoms with E-state index in [-0.39, 0.29) is 17.2 Å². The number of carbonyl (C=O) groups excluding carboxylic acids is 1. The summed E-state index contributed by atoms with van der Waals surface area (Å²) < 4.78 is 12.8. The lowest BCUT2D eigenvalue weighted by atomic mass is 10.2. The predicted molar refractivity (Wildman–Crippen MR) is 94.8 cm³/mol. The quantitative estimate of drug-likeness (QED) is 0.773. The molecular formula is C19H17N3O4. The number of amides is 1. The Labute approximate surface area is 149 Å². The Bertz CT molecular complexity index is 1010. The van der Waals surface area contributed by atoms with Gasteiger partial charge in [-0.15, -0.1) is 0 Å². The van der Waals surface area contributed by atoms with Crippen LogP contribution in [-0.2, 0) is 0 Å². The first kappa shape index (κ1) is 16.1. The zero-order chi connectivity index (χ0) is 17.9.